The van der Waals surface area contributed by atoms with E-state index < -0.39 is 18.3 Å². The van der Waals surface area contributed by atoms with Crippen LogP contribution in [0.1, 0.15) is 28.9 Å². The summed E-state index contributed by atoms with van der Waals surface area (Å²) >= 11 is 0. The average molecular weight is 286 g/mol. The van der Waals surface area contributed by atoms with Crippen molar-refractivity contribution in [2.24, 2.45) is 0 Å². The molecule has 2 aromatic carbocycles. The average Bonchev–Trinajstić information content (AvgIpc) is 2.51. The number of methoxy groups -OCH3 is 1. The third kappa shape index (κ3) is 2.37. The first-order chi connectivity index (χ1) is 10.1. The first-order valence-corrected chi connectivity index (χ1v) is 6.88. The SMILES string of the molecule is COc1ccc(C2Oc3c(C)cccc3C(O)C2O)cc1. The quantitative estimate of drug-likeness (QED) is 0.890. The Morgan fingerprint density at radius 1 is 1.05 bits per heavy atom. The van der Waals surface area contributed by atoms with Gasteiger partial charge in [0.2, 0.25) is 0 Å². The first-order valence-electron chi connectivity index (χ1n) is 6.88. The lowest BCUT2D eigenvalue weighted by Crippen LogP contribution is -2.34. The maximum Gasteiger partial charge on any atom is 0.152 e. The number of aliphatic hydroxyl groups is 2. The highest BCUT2D eigenvalue weighted by molar-refractivity contribution is 5.45. The number of aliphatic hydroxyl groups excluding tert-OH is 2. The van der Waals surface area contributed by atoms with E-state index in [0.29, 0.717) is 11.3 Å². The molecule has 0 aliphatic carbocycles. The van der Waals surface area contributed by atoms with Gasteiger partial charge < -0.3 is 19.7 Å². The normalized spacial score (nSPS) is 24.1. The van der Waals surface area contributed by atoms with E-state index in [1.807, 2.05) is 43.3 Å². The number of benzene rings is 2. The molecule has 4 heteroatoms. The minimum absolute atomic E-state index is 0.598. The summed E-state index contributed by atoms with van der Waals surface area (Å²) in [6.07, 6.45) is -2.56. The lowest BCUT2D eigenvalue weighted by Gasteiger charge is -2.35. The molecule has 0 spiro atoms. The molecule has 110 valence electrons. The van der Waals surface area contributed by atoms with Gasteiger partial charge in [-0.15, -0.1) is 0 Å². The van der Waals surface area contributed by atoms with Gasteiger partial charge in [-0.2, -0.15) is 0 Å². The van der Waals surface area contributed by atoms with Gasteiger partial charge in [-0.1, -0.05) is 30.3 Å². The summed E-state index contributed by atoms with van der Waals surface area (Å²) in [7, 11) is 1.60. The van der Waals surface area contributed by atoms with Gasteiger partial charge >= 0.3 is 0 Å². The number of hydrogen-bond acceptors (Lipinski definition) is 4. The predicted octanol–water partition coefficient (Wildman–Crippen LogP) is 2.53. The molecule has 4 nitrogen and oxygen atoms in total. The van der Waals surface area contributed by atoms with Crippen LogP contribution >= 0.6 is 0 Å². The second-order valence-corrected chi connectivity index (χ2v) is 5.24. The molecule has 0 radical (unpaired) electrons. The molecular weight excluding hydrogens is 268 g/mol. The van der Waals surface area contributed by atoms with Crippen molar-refractivity contribution >= 4 is 0 Å². The Balaban J connectivity index is 1.99. The van der Waals surface area contributed by atoms with E-state index in [-0.39, 0.29) is 0 Å². The molecule has 0 aromatic heterocycles. The molecule has 2 N–H and O–H groups in total. The molecule has 0 fully saturated rings. The predicted molar refractivity (Wildman–Crippen MR) is 78.5 cm³/mol. The zero-order valence-corrected chi connectivity index (χ0v) is 12.0. The van der Waals surface area contributed by atoms with Crippen LogP contribution in [0.25, 0.3) is 0 Å². The van der Waals surface area contributed by atoms with Crippen molar-refractivity contribution in [3.63, 3.8) is 0 Å². The summed E-state index contributed by atoms with van der Waals surface area (Å²) in [5.41, 5.74) is 2.38. The van der Waals surface area contributed by atoms with Crippen LogP contribution in [-0.4, -0.2) is 23.4 Å². The van der Waals surface area contributed by atoms with Crippen LogP contribution in [0.2, 0.25) is 0 Å². The van der Waals surface area contributed by atoms with Crippen LogP contribution in [0.5, 0.6) is 11.5 Å². The zero-order chi connectivity index (χ0) is 15.0. The number of hydrogen-bond donors (Lipinski definition) is 2. The van der Waals surface area contributed by atoms with E-state index >= 15 is 0 Å². The fourth-order valence-electron chi connectivity index (χ4n) is 2.67. The summed E-state index contributed by atoms with van der Waals surface area (Å²) in [6.45, 7) is 1.92. The Kier molecular flexibility index (Phi) is 3.57. The molecule has 3 atom stereocenters. The van der Waals surface area contributed by atoms with Crippen molar-refractivity contribution in [1.29, 1.82) is 0 Å². The molecule has 1 aliphatic rings. The second-order valence-electron chi connectivity index (χ2n) is 5.24. The third-order valence-corrected chi connectivity index (χ3v) is 3.88. The number of para-hydroxylation sites is 1. The van der Waals surface area contributed by atoms with E-state index in [1.54, 1.807) is 13.2 Å². The minimum Gasteiger partial charge on any atom is -0.497 e. The second kappa shape index (κ2) is 5.39. The molecule has 0 bridgehead atoms. The number of ether oxygens (including phenoxy) is 2. The summed E-state index contributed by atoms with van der Waals surface area (Å²) in [4.78, 5) is 0. The summed E-state index contributed by atoms with van der Waals surface area (Å²) < 4.78 is 11.1. The summed E-state index contributed by atoms with van der Waals surface area (Å²) in [5, 5.41) is 20.7. The van der Waals surface area contributed by atoms with Crippen LogP contribution in [0, 0.1) is 6.92 Å². The highest BCUT2D eigenvalue weighted by atomic mass is 16.5. The molecule has 1 aliphatic heterocycles. The fourth-order valence-corrected chi connectivity index (χ4v) is 2.67. The van der Waals surface area contributed by atoms with E-state index in [1.165, 1.54) is 0 Å². The fraction of sp³-hybridized carbons (Fsp3) is 0.294. The van der Waals surface area contributed by atoms with Crippen molar-refractivity contribution in [2.45, 2.75) is 25.2 Å². The number of fused-ring (bicyclic) bond motifs is 1. The highest BCUT2D eigenvalue weighted by Gasteiger charge is 2.37. The Morgan fingerprint density at radius 2 is 1.76 bits per heavy atom. The van der Waals surface area contributed by atoms with E-state index in [4.69, 9.17) is 9.47 Å². The highest BCUT2D eigenvalue weighted by Crippen LogP contribution is 2.42. The van der Waals surface area contributed by atoms with Gasteiger partial charge in [0.1, 0.15) is 23.7 Å². The van der Waals surface area contributed by atoms with Gasteiger partial charge in [0.25, 0.3) is 0 Å². The van der Waals surface area contributed by atoms with Crippen molar-refractivity contribution in [3.05, 3.63) is 59.2 Å². The van der Waals surface area contributed by atoms with E-state index in [0.717, 1.165) is 16.9 Å². The van der Waals surface area contributed by atoms with Crippen LogP contribution < -0.4 is 9.47 Å². The lowest BCUT2D eigenvalue weighted by molar-refractivity contribution is -0.0702. The molecule has 0 saturated heterocycles. The first kappa shape index (κ1) is 13.9. The Hall–Kier alpha value is -2.04. The molecular formula is C17H18O4. The molecule has 0 amide bonds. The maximum atomic E-state index is 10.3. The topological polar surface area (TPSA) is 58.9 Å². The summed E-state index contributed by atoms with van der Waals surface area (Å²) in [6, 6.07) is 12.8. The Bertz CT molecular complexity index is 636. The van der Waals surface area contributed by atoms with Crippen molar-refractivity contribution in [3.8, 4) is 11.5 Å². The van der Waals surface area contributed by atoms with Gasteiger partial charge in [0, 0.05) is 5.56 Å². The molecule has 3 unspecified atom stereocenters. The molecule has 21 heavy (non-hydrogen) atoms. The molecule has 1 heterocycles. The van der Waals surface area contributed by atoms with Crippen LogP contribution in [0.4, 0.5) is 0 Å². The van der Waals surface area contributed by atoms with Crippen molar-refractivity contribution in [2.75, 3.05) is 7.11 Å². The van der Waals surface area contributed by atoms with E-state index in [9.17, 15) is 10.2 Å². The standard InChI is InChI=1S/C17H18O4/c1-10-4-3-5-13-14(18)15(19)17(21-16(10)13)11-6-8-12(20-2)9-7-11/h3-9,14-15,17-19H,1-2H3. The van der Waals surface area contributed by atoms with Gasteiger partial charge in [-0.3, -0.25) is 0 Å². The monoisotopic (exact) mass is 286 g/mol. The minimum atomic E-state index is -1.01. The van der Waals surface area contributed by atoms with E-state index in [2.05, 4.69) is 0 Å². The van der Waals surface area contributed by atoms with Gasteiger partial charge in [0.15, 0.2) is 6.10 Å². The third-order valence-electron chi connectivity index (χ3n) is 3.88. The maximum absolute atomic E-state index is 10.3. The largest absolute Gasteiger partial charge is 0.497 e. The van der Waals surface area contributed by atoms with Crippen LogP contribution in [0.3, 0.4) is 0 Å². The molecule has 2 aromatic rings. The van der Waals surface area contributed by atoms with Crippen LogP contribution in [0.15, 0.2) is 42.5 Å². The van der Waals surface area contributed by atoms with Gasteiger partial charge in [-0.25, -0.2) is 0 Å². The molecule has 0 saturated carbocycles. The smallest absolute Gasteiger partial charge is 0.152 e. The van der Waals surface area contributed by atoms with Crippen molar-refractivity contribution in [1.82, 2.24) is 0 Å². The number of aryl methyl sites for hydroxylation is 1. The Labute approximate surface area is 123 Å². The van der Waals surface area contributed by atoms with Crippen LogP contribution in [-0.2, 0) is 0 Å². The lowest BCUT2D eigenvalue weighted by atomic mass is 9.91. The number of rotatable bonds is 2. The Morgan fingerprint density at radius 3 is 2.43 bits per heavy atom. The summed E-state index contributed by atoms with van der Waals surface area (Å²) in [5.74, 6) is 1.39. The van der Waals surface area contributed by atoms with Crippen molar-refractivity contribution < 1.29 is 19.7 Å². The zero-order valence-electron chi connectivity index (χ0n) is 12.0. The van der Waals surface area contributed by atoms with Gasteiger partial charge in [-0.05, 0) is 30.2 Å². The molecule has 3 rings (SSSR count). The van der Waals surface area contributed by atoms with Gasteiger partial charge in [0.05, 0.1) is 7.11 Å².